The van der Waals surface area contributed by atoms with Crippen LogP contribution in [-0.2, 0) is 0 Å². The van der Waals surface area contributed by atoms with Gasteiger partial charge in [0.05, 0.1) is 5.52 Å². The number of aromatic carboxylic acids is 1. The fraction of sp³-hybridized carbons (Fsp3) is 0.0714. The highest BCUT2D eigenvalue weighted by Gasteiger charge is 2.21. The van der Waals surface area contributed by atoms with Crippen LogP contribution in [0.4, 0.5) is 0 Å². The maximum absolute atomic E-state index is 11.2. The van der Waals surface area contributed by atoms with Crippen molar-refractivity contribution >= 4 is 16.9 Å². The molecule has 2 heterocycles. The van der Waals surface area contributed by atoms with E-state index in [2.05, 4.69) is 10.1 Å². The van der Waals surface area contributed by atoms with Crippen LogP contribution in [0, 0.1) is 6.92 Å². The lowest BCUT2D eigenvalue weighted by molar-refractivity contribution is 0.0696. The molecule has 0 fully saturated rings. The van der Waals surface area contributed by atoms with Crippen LogP contribution in [0.25, 0.3) is 22.2 Å². The van der Waals surface area contributed by atoms with Crippen LogP contribution >= 0.6 is 0 Å². The van der Waals surface area contributed by atoms with Crippen LogP contribution in [-0.4, -0.2) is 21.2 Å². The zero-order valence-electron chi connectivity index (χ0n) is 10.1. The second kappa shape index (κ2) is 4.20. The summed E-state index contributed by atoms with van der Waals surface area (Å²) in [7, 11) is 0. The number of rotatable bonds is 2. The quantitative estimate of drug-likeness (QED) is 0.760. The minimum atomic E-state index is -1.05. The van der Waals surface area contributed by atoms with Crippen molar-refractivity contribution in [1.29, 1.82) is 0 Å². The van der Waals surface area contributed by atoms with E-state index in [1.807, 2.05) is 30.3 Å². The third-order valence-corrected chi connectivity index (χ3v) is 2.94. The highest BCUT2D eigenvalue weighted by atomic mass is 16.5. The van der Waals surface area contributed by atoms with E-state index in [4.69, 9.17) is 4.52 Å². The lowest BCUT2D eigenvalue weighted by Gasteiger charge is -2.01. The van der Waals surface area contributed by atoms with Crippen molar-refractivity contribution in [2.45, 2.75) is 6.92 Å². The van der Waals surface area contributed by atoms with Crippen LogP contribution in [0.2, 0.25) is 0 Å². The number of aromatic nitrogens is 2. The van der Waals surface area contributed by atoms with Gasteiger partial charge in [-0.3, -0.25) is 4.98 Å². The second-order valence-corrected chi connectivity index (χ2v) is 4.18. The van der Waals surface area contributed by atoms with Crippen LogP contribution in [0.3, 0.4) is 0 Å². The summed E-state index contributed by atoms with van der Waals surface area (Å²) in [5.41, 5.74) is 1.87. The first kappa shape index (κ1) is 11.4. The monoisotopic (exact) mass is 254 g/mol. The van der Waals surface area contributed by atoms with E-state index in [-0.39, 0.29) is 11.3 Å². The van der Waals surface area contributed by atoms with Gasteiger partial charge in [0.1, 0.15) is 17.0 Å². The molecule has 0 amide bonds. The maximum atomic E-state index is 11.2. The third kappa shape index (κ3) is 1.85. The van der Waals surface area contributed by atoms with Crippen molar-refractivity contribution in [2.24, 2.45) is 0 Å². The first-order valence-electron chi connectivity index (χ1n) is 5.71. The van der Waals surface area contributed by atoms with Gasteiger partial charge in [0.2, 0.25) is 0 Å². The average Bonchev–Trinajstić information content (AvgIpc) is 2.80. The van der Waals surface area contributed by atoms with Gasteiger partial charge in [-0.1, -0.05) is 23.4 Å². The van der Waals surface area contributed by atoms with Crippen LogP contribution < -0.4 is 0 Å². The van der Waals surface area contributed by atoms with Gasteiger partial charge in [0.25, 0.3) is 0 Å². The number of pyridine rings is 1. The van der Waals surface area contributed by atoms with Gasteiger partial charge in [-0.2, -0.15) is 0 Å². The molecule has 0 unspecified atom stereocenters. The fourth-order valence-electron chi connectivity index (χ4n) is 2.02. The van der Waals surface area contributed by atoms with Crippen molar-refractivity contribution in [1.82, 2.24) is 10.1 Å². The number of nitrogens with zero attached hydrogens (tertiary/aromatic N) is 2. The largest absolute Gasteiger partial charge is 0.477 e. The van der Waals surface area contributed by atoms with Crippen molar-refractivity contribution in [3.63, 3.8) is 0 Å². The van der Waals surface area contributed by atoms with Crippen LogP contribution in [0.5, 0.6) is 0 Å². The molecule has 0 atom stereocenters. The van der Waals surface area contributed by atoms with Crippen molar-refractivity contribution in [3.05, 3.63) is 47.9 Å². The number of benzene rings is 1. The Kier molecular flexibility index (Phi) is 2.52. The Morgan fingerprint density at radius 2 is 2.11 bits per heavy atom. The van der Waals surface area contributed by atoms with E-state index < -0.39 is 5.97 Å². The van der Waals surface area contributed by atoms with Gasteiger partial charge in [-0.25, -0.2) is 4.79 Å². The number of carbonyl (C=O) groups is 1. The van der Waals surface area contributed by atoms with E-state index in [1.54, 1.807) is 13.1 Å². The molecule has 5 heteroatoms. The molecular formula is C14H10N2O3. The molecule has 1 N–H and O–H groups in total. The molecule has 0 bridgehead atoms. The van der Waals surface area contributed by atoms with Gasteiger partial charge in [0, 0.05) is 17.1 Å². The number of para-hydroxylation sites is 1. The molecule has 1 aromatic carbocycles. The summed E-state index contributed by atoms with van der Waals surface area (Å²) < 4.78 is 4.96. The zero-order valence-corrected chi connectivity index (χ0v) is 10.1. The topological polar surface area (TPSA) is 76.2 Å². The van der Waals surface area contributed by atoms with Gasteiger partial charge in [0.15, 0.2) is 0 Å². The molecule has 0 saturated heterocycles. The summed E-state index contributed by atoms with van der Waals surface area (Å²) in [6.45, 7) is 1.58. The van der Waals surface area contributed by atoms with Crippen LogP contribution in [0.15, 0.2) is 41.1 Å². The van der Waals surface area contributed by atoms with E-state index >= 15 is 0 Å². The van der Waals surface area contributed by atoms with Crippen LogP contribution in [0.1, 0.15) is 16.1 Å². The smallest absolute Gasteiger partial charge is 0.341 e. The standard InChI is InChI=1S/C14H10N2O3/c1-8-12(14(17)18)13(16-19-8)10-6-9-4-2-3-5-11(9)15-7-10/h2-7H,1H3,(H,17,18). The Hall–Kier alpha value is -2.69. The molecule has 0 aliphatic heterocycles. The third-order valence-electron chi connectivity index (χ3n) is 2.94. The second-order valence-electron chi connectivity index (χ2n) is 4.18. The van der Waals surface area contributed by atoms with E-state index in [9.17, 15) is 9.90 Å². The minimum Gasteiger partial charge on any atom is -0.477 e. The summed E-state index contributed by atoms with van der Waals surface area (Å²) in [4.78, 5) is 15.5. The van der Waals surface area contributed by atoms with Gasteiger partial charge >= 0.3 is 5.97 Å². The normalized spacial score (nSPS) is 10.8. The molecule has 0 aliphatic rings. The minimum absolute atomic E-state index is 0.0806. The number of carboxylic acid groups (broad SMARTS) is 1. The SMILES string of the molecule is Cc1onc(-c2cnc3ccccc3c2)c1C(=O)O. The number of fused-ring (bicyclic) bond motifs is 1. The predicted molar refractivity (Wildman–Crippen MR) is 68.9 cm³/mol. The molecule has 94 valence electrons. The molecule has 0 spiro atoms. The van der Waals surface area contributed by atoms with Gasteiger partial charge in [-0.15, -0.1) is 0 Å². The van der Waals surface area contributed by atoms with E-state index in [0.29, 0.717) is 11.3 Å². The molecule has 2 aromatic heterocycles. The van der Waals surface area contributed by atoms with Gasteiger partial charge < -0.3 is 9.63 Å². The van der Waals surface area contributed by atoms with Crippen molar-refractivity contribution in [2.75, 3.05) is 0 Å². The Bertz CT molecular complexity index is 777. The number of hydrogen-bond donors (Lipinski definition) is 1. The molecule has 0 radical (unpaired) electrons. The predicted octanol–water partition coefficient (Wildman–Crippen LogP) is 2.90. The molecule has 5 nitrogen and oxygen atoms in total. The highest BCUT2D eigenvalue weighted by Crippen LogP contribution is 2.26. The average molecular weight is 254 g/mol. The summed E-state index contributed by atoms with van der Waals surface area (Å²) in [6, 6.07) is 9.47. The lowest BCUT2D eigenvalue weighted by Crippen LogP contribution is -1.99. The van der Waals surface area contributed by atoms with Crippen molar-refractivity contribution < 1.29 is 14.4 Å². The summed E-state index contributed by atoms with van der Waals surface area (Å²) in [5.74, 6) is -0.766. The van der Waals surface area contributed by atoms with Gasteiger partial charge in [-0.05, 0) is 19.1 Å². The van der Waals surface area contributed by atoms with Crippen molar-refractivity contribution in [3.8, 4) is 11.3 Å². The van der Waals surface area contributed by atoms with E-state index in [1.165, 1.54) is 0 Å². The zero-order chi connectivity index (χ0) is 13.4. The first-order chi connectivity index (χ1) is 9.16. The molecule has 3 aromatic rings. The number of aryl methyl sites for hydroxylation is 1. The molecule has 19 heavy (non-hydrogen) atoms. The molecule has 0 saturated carbocycles. The number of hydrogen-bond acceptors (Lipinski definition) is 4. The summed E-state index contributed by atoms with van der Waals surface area (Å²) in [6.07, 6.45) is 1.60. The maximum Gasteiger partial charge on any atom is 0.341 e. The fourth-order valence-corrected chi connectivity index (χ4v) is 2.02. The Labute approximate surface area is 108 Å². The first-order valence-corrected chi connectivity index (χ1v) is 5.71. The summed E-state index contributed by atoms with van der Waals surface area (Å²) in [5, 5.41) is 13.9. The number of carboxylic acids is 1. The van der Waals surface area contributed by atoms with E-state index in [0.717, 1.165) is 10.9 Å². The lowest BCUT2D eigenvalue weighted by atomic mass is 10.1. The highest BCUT2D eigenvalue weighted by molar-refractivity contribution is 5.96. The molecular weight excluding hydrogens is 244 g/mol. The molecule has 3 rings (SSSR count). The Morgan fingerprint density at radius 1 is 1.32 bits per heavy atom. The Balaban J connectivity index is 2.22. The molecule has 0 aliphatic carbocycles. The Morgan fingerprint density at radius 3 is 2.89 bits per heavy atom. The summed E-state index contributed by atoms with van der Waals surface area (Å²) >= 11 is 0.